The minimum absolute atomic E-state index is 0.157. The number of carbonyl (C=O) groups excluding carboxylic acids is 2. The van der Waals surface area contributed by atoms with Crippen molar-refractivity contribution >= 4 is 17.5 Å². The van der Waals surface area contributed by atoms with Gasteiger partial charge < -0.3 is 10.6 Å². The summed E-state index contributed by atoms with van der Waals surface area (Å²) in [5, 5.41) is 5.74. The summed E-state index contributed by atoms with van der Waals surface area (Å²) in [5.41, 5.74) is 3.56. The van der Waals surface area contributed by atoms with E-state index in [1.165, 1.54) is 12.3 Å². The van der Waals surface area contributed by atoms with Crippen LogP contribution in [-0.4, -0.2) is 22.8 Å². The molecule has 1 aromatic heterocycles. The number of amides is 2. The van der Waals surface area contributed by atoms with Gasteiger partial charge in [-0.2, -0.15) is 0 Å². The van der Waals surface area contributed by atoms with E-state index in [1.807, 2.05) is 32.0 Å². The van der Waals surface area contributed by atoms with Crippen LogP contribution in [0.1, 0.15) is 44.8 Å². The molecule has 3 rings (SSSR count). The zero-order chi connectivity index (χ0) is 16.4. The van der Waals surface area contributed by atoms with Crippen molar-refractivity contribution in [1.29, 1.82) is 0 Å². The molecule has 2 amide bonds. The quantitative estimate of drug-likeness (QED) is 0.912. The Balaban J connectivity index is 1.75. The number of nitrogens with one attached hydrogen (secondary N) is 2. The Hall–Kier alpha value is -2.69. The van der Waals surface area contributed by atoms with Crippen molar-refractivity contribution in [3.8, 4) is 0 Å². The van der Waals surface area contributed by atoms with E-state index in [0.717, 1.165) is 29.7 Å². The third-order valence-corrected chi connectivity index (χ3v) is 3.80. The summed E-state index contributed by atoms with van der Waals surface area (Å²) in [4.78, 5) is 28.5. The fourth-order valence-corrected chi connectivity index (χ4v) is 2.33. The van der Waals surface area contributed by atoms with E-state index in [0.29, 0.717) is 5.56 Å². The largest absolute Gasteiger partial charge is 0.349 e. The van der Waals surface area contributed by atoms with Gasteiger partial charge in [-0.05, 0) is 50.5 Å². The highest BCUT2D eigenvalue weighted by molar-refractivity contribution is 6.05. The van der Waals surface area contributed by atoms with Crippen molar-refractivity contribution in [2.24, 2.45) is 0 Å². The van der Waals surface area contributed by atoms with Crippen LogP contribution in [0.15, 0.2) is 36.5 Å². The number of rotatable bonds is 4. The van der Waals surface area contributed by atoms with Gasteiger partial charge in [-0.25, -0.2) is 0 Å². The Morgan fingerprint density at radius 3 is 2.57 bits per heavy atom. The Morgan fingerprint density at radius 1 is 1.09 bits per heavy atom. The first-order valence-corrected chi connectivity index (χ1v) is 7.68. The van der Waals surface area contributed by atoms with Crippen LogP contribution in [-0.2, 0) is 0 Å². The number of aromatic nitrogens is 1. The second kappa shape index (κ2) is 6.20. The molecule has 0 aliphatic heterocycles. The van der Waals surface area contributed by atoms with Gasteiger partial charge in [0, 0.05) is 23.5 Å². The monoisotopic (exact) mass is 309 g/mol. The third-order valence-electron chi connectivity index (χ3n) is 3.80. The van der Waals surface area contributed by atoms with E-state index in [4.69, 9.17) is 0 Å². The molecule has 118 valence electrons. The predicted molar refractivity (Wildman–Crippen MR) is 88.6 cm³/mol. The third kappa shape index (κ3) is 3.74. The van der Waals surface area contributed by atoms with Gasteiger partial charge in [-0.15, -0.1) is 0 Å². The van der Waals surface area contributed by atoms with Gasteiger partial charge in [0.15, 0.2) is 0 Å². The second-order valence-corrected chi connectivity index (χ2v) is 5.95. The lowest BCUT2D eigenvalue weighted by atomic mass is 10.1. The van der Waals surface area contributed by atoms with Gasteiger partial charge in [-0.1, -0.05) is 17.7 Å². The molecular weight excluding hydrogens is 290 g/mol. The van der Waals surface area contributed by atoms with Crippen molar-refractivity contribution in [3.05, 3.63) is 58.9 Å². The normalized spacial score (nSPS) is 13.5. The lowest BCUT2D eigenvalue weighted by Crippen LogP contribution is -2.26. The molecule has 0 atom stereocenters. The van der Waals surface area contributed by atoms with Crippen LogP contribution in [0.25, 0.3) is 0 Å². The van der Waals surface area contributed by atoms with Gasteiger partial charge >= 0.3 is 0 Å². The van der Waals surface area contributed by atoms with Crippen LogP contribution in [0.4, 0.5) is 5.69 Å². The highest BCUT2D eigenvalue weighted by Gasteiger charge is 2.24. The summed E-state index contributed by atoms with van der Waals surface area (Å²) in [6.45, 7) is 3.94. The zero-order valence-corrected chi connectivity index (χ0v) is 13.2. The molecular formula is C18H19N3O2. The van der Waals surface area contributed by atoms with E-state index >= 15 is 0 Å². The van der Waals surface area contributed by atoms with Crippen molar-refractivity contribution in [3.63, 3.8) is 0 Å². The molecule has 2 aromatic rings. The molecule has 1 aliphatic carbocycles. The summed E-state index contributed by atoms with van der Waals surface area (Å²) in [6.07, 6.45) is 3.53. The molecule has 5 heteroatoms. The molecule has 0 bridgehead atoms. The Bertz CT molecular complexity index is 767. The molecule has 5 nitrogen and oxygen atoms in total. The molecule has 23 heavy (non-hydrogen) atoms. The molecule has 0 saturated heterocycles. The first-order chi connectivity index (χ1) is 11.0. The average Bonchev–Trinajstić information content (AvgIpc) is 3.34. The number of aryl methyl sites for hydroxylation is 2. The number of hydrogen-bond donors (Lipinski definition) is 2. The summed E-state index contributed by atoms with van der Waals surface area (Å²) in [7, 11) is 0. The predicted octanol–water partition coefficient (Wildman–Crippen LogP) is 2.84. The number of anilines is 1. The summed E-state index contributed by atoms with van der Waals surface area (Å²) in [5.74, 6) is -0.478. The number of hydrogen-bond acceptors (Lipinski definition) is 3. The molecule has 1 aliphatic rings. The Labute approximate surface area is 135 Å². The van der Waals surface area contributed by atoms with Crippen molar-refractivity contribution in [2.75, 3.05) is 5.32 Å². The summed E-state index contributed by atoms with van der Waals surface area (Å²) >= 11 is 0. The van der Waals surface area contributed by atoms with E-state index in [1.54, 1.807) is 6.07 Å². The fourth-order valence-electron chi connectivity index (χ4n) is 2.33. The maximum Gasteiger partial charge on any atom is 0.274 e. The van der Waals surface area contributed by atoms with E-state index < -0.39 is 0 Å². The standard InChI is InChI=1S/C18H19N3O2/c1-11-3-6-15(12(2)9-11)21-18(23)16-10-13(7-8-19-16)17(22)20-14-4-5-14/h3,6-10,14H,4-5H2,1-2H3,(H,20,22)(H,21,23). The van der Waals surface area contributed by atoms with E-state index in [2.05, 4.69) is 15.6 Å². The minimum atomic E-state index is -0.321. The molecule has 0 radical (unpaired) electrons. The van der Waals surface area contributed by atoms with Crippen LogP contribution in [0.5, 0.6) is 0 Å². The highest BCUT2D eigenvalue weighted by Crippen LogP contribution is 2.20. The zero-order valence-electron chi connectivity index (χ0n) is 13.2. The second-order valence-electron chi connectivity index (χ2n) is 5.95. The first-order valence-electron chi connectivity index (χ1n) is 7.68. The SMILES string of the molecule is Cc1ccc(NC(=O)c2cc(C(=O)NC3CC3)ccn2)c(C)c1. The molecule has 1 saturated carbocycles. The molecule has 2 N–H and O–H groups in total. The Kier molecular flexibility index (Phi) is 4.10. The van der Waals surface area contributed by atoms with Gasteiger partial charge in [0.25, 0.3) is 11.8 Å². The lowest BCUT2D eigenvalue weighted by molar-refractivity contribution is 0.0951. The minimum Gasteiger partial charge on any atom is -0.349 e. The van der Waals surface area contributed by atoms with Crippen molar-refractivity contribution in [2.45, 2.75) is 32.7 Å². The van der Waals surface area contributed by atoms with Crippen molar-refractivity contribution in [1.82, 2.24) is 10.3 Å². The molecule has 0 unspecified atom stereocenters. The fraction of sp³-hybridized carbons (Fsp3) is 0.278. The number of benzene rings is 1. The smallest absolute Gasteiger partial charge is 0.274 e. The number of nitrogens with zero attached hydrogens (tertiary/aromatic N) is 1. The first kappa shape index (κ1) is 15.2. The Morgan fingerprint density at radius 2 is 1.87 bits per heavy atom. The van der Waals surface area contributed by atoms with Crippen LogP contribution in [0.2, 0.25) is 0 Å². The molecule has 1 aromatic carbocycles. The number of carbonyl (C=O) groups is 2. The maximum atomic E-state index is 12.4. The summed E-state index contributed by atoms with van der Waals surface area (Å²) < 4.78 is 0. The van der Waals surface area contributed by atoms with E-state index in [9.17, 15) is 9.59 Å². The highest BCUT2D eigenvalue weighted by atomic mass is 16.2. The average molecular weight is 309 g/mol. The van der Waals surface area contributed by atoms with Gasteiger partial charge in [0.05, 0.1) is 0 Å². The summed E-state index contributed by atoms with van der Waals surface area (Å²) in [6, 6.07) is 9.23. The van der Waals surface area contributed by atoms with Gasteiger partial charge in [-0.3, -0.25) is 14.6 Å². The molecule has 1 fully saturated rings. The lowest BCUT2D eigenvalue weighted by Gasteiger charge is -2.09. The molecule has 0 spiro atoms. The van der Waals surface area contributed by atoms with Gasteiger partial charge in [0.1, 0.15) is 5.69 Å². The van der Waals surface area contributed by atoms with Crippen LogP contribution in [0, 0.1) is 13.8 Å². The number of pyridine rings is 1. The maximum absolute atomic E-state index is 12.4. The van der Waals surface area contributed by atoms with Crippen molar-refractivity contribution < 1.29 is 9.59 Å². The van der Waals surface area contributed by atoms with Crippen LogP contribution < -0.4 is 10.6 Å². The van der Waals surface area contributed by atoms with E-state index in [-0.39, 0.29) is 23.6 Å². The topological polar surface area (TPSA) is 71.1 Å². The van der Waals surface area contributed by atoms with Crippen LogP contribution >= 0.6 is 0 Å². The molecule has 1 heterocycles. The van der Waals surface area contributed by atoms with Crippen LogP contribution in [0.3, 0.4) is 0 Å². The van der Waals surface area contributed by atoms with Gasteiger partial charge in [0.2, 0.25) is 0 Å².